The summed E-state index contributed by atoms with van der Waals surface area (Å²) in [7, 11) is 0. The molecule has 0 aromatic heterocycles. The van der Waals surface area contributed by atoms with Crippen molar-refractivity contribution >= 4 is 5.57 Å². The standard InChI is InChI=1S/C18H16/c1-2-3-6-15-18(16-11-7-4-8-12-16)17-13-9-5-10-14-17/h2-15H,1H2/b6-3-. The first kappa shape index (κ1) is 12.1. The quantitative estimate of drug-likeness (QED) is 0.660. The van der Waals surface area contributed by atoms with Gasteiger partial charge in [0, 0.05) is 0 Å². The highest BCUT2D eigenvalue weighted by Crippen LogP contribution is 2.22. The fourth-order valence-corrected chi connectivity index (χ4v) is 1.82. The number of benzene rings is 2. The van der Waals surface area contributed by atoms with Gasteiger partial charge in [0.05, 0.1) is 0 Å². The van der Waals surface area contributed by atoms with Crippen molar-refractivity contribution in [1.82, 2.24) is 0 Å². The second kappa shape index (κ2) is 6.41. The molecule has 2 aromatic rings. The van der Waals surface area contributed by atoms with E-state index in [1.807, 2.05) is 24.3 Å². The van der Waals surface area contributed by atoms with Crippen molar-refractivity contribution in [3.8, 4) is 0 Å². The molecule has 0 bridgehead atoms. The van der Waals surface area contributed by atoms with E-state index in [0.717, 1.165) is 0 Å². The molecule has 0 saturated heterocycles. The van der Waals surface area contributed by atoms with Crippen LogP contribution in [-0.2, 0) is 0 Å². The molecule has 0 radical (unpaired) electrons. The lowest BCUT2D eigenvalue weighted by atomic mass is 9.97. The van der Waals surface area contributed by atoms with Gasteiger partial charge in [-0.2, -0.15) is 0 Å². The van der Waals surface area contributed by atoms with Crippen molar-refractivity contribution in [2.24, 2.45) is 0 Å². The van der Waals surface area contributed by atoms with E-state index in [0.29, 0.717) is 0 Å². The minimum absolute atomic E-state index is 1.22. The van der Waals surface area contributed by atoms with Crippen LogP contribution in [0.3, 0.4) is 0 Å². The first-order chi connectivity index (χ1) is 8.92. The summed E-state index contributed by atoms with van der Waals surface area (Å²) in [6.07, 6.45) is 7.85. The van der Waals surface area contributed by atoms with Gasteiger partial charge in [-0.25, -0.2) is 0 Å². The first-order valence-corrected chi connectivity index (χ1v) is 6.02. The third kappa shape index (κ3) is 3.08. The molecule has 18 heavy (non-hydrogen) atoms. The van der Waals surface area contributed by atoms with Crippen LogP contribution >= 0.6 is 0 Å². The third-order valence-electron chi connectivity index (χ3n) is 2.68. The molecule has 2 rings (SSSR count). The molecule has 88 valence electrons. The SMILES string of the molecule is C=C/C=C\C=C(c1ccccc1)c1ccccc1. The van der Waals surface area contributed by atoms with Crippen LogP contribution < -0.4 is 0 Å². The van der Waals surface area contributed by atoms with Gasteiger partial charge in [0.1, 0.15) is 0 Å². The van der Waals surface area contributed by atoms with E-state index in [9.17, 15) is 0 Å². The molecule has 0 spiro atoms. The average Bonchev–Trinajstić information content (AvgIpc) is 2.46. The maximum atomic E-state index is 3.69. The van der Waals surface area contributed by atoms with E-state index in [1.54, 1.807) is 6.08 Å². The maximum Gasteiger partial charge on any atom is -0.0111 e. The van der Waals surface area contributed by atoms with Crippen molar-refractivity contribution in [3.63, 3.8) is 0 Å². The topological polar surface area (TPSA) is 0 Å². The van der Waals surface area contributed by atoms with E-state index >= 15 is 0 Å². The van der Waals surface area contributed by atoms with E-state index < -0.39 is 0 Å². The molecule has 0 fully saturated rings. The zero-order valence-electron chi connectivity index (χ0n) is 10.3. The molecule has 0 atom stereocenters. The second-order valence-electron chi connectivity index (χ2n) is 3.93. The molecule has 0 aliphatic rings. The monoisotopic (exact) mass is 232 g/mol. The fraction of sp³-hybridized carbons (Fsp3) is 0. The average molecular weight is 232 g/mol. The summed E-state index contributed by atoms with van der Waals surface area (Å²) in [6, 6.07) is 20.8. The summed E-state index contributed by atoms with van der Waals surface area (Å²) in [6.45, 7) is 3.69. The Morgan fingerprint density at radius 1 is 0.722 bits per heavy atom. The number of rotatable bonds is 4. The van der Waals surface area contributed by atoms with E-state index in [-0.39, 0.29) is 0 Å². The molecule has 2 aromatic carbocycles. The van der Waals surface area contributed by atoms with Crippen molar-refractivity contribution < 1.29 is 0 Å². The summed E-state index contributed by atoms with van der Waals surface area (Å²) in [4.78, 5) is 0. The zero-order valence-corrected chi connectivity index (χ0v) is 10.3. The van der Waals surface area contributed by atoms with E-state index in [1.165, 1.54) is 16.7 Å². The number of hydrogen-bond donors (Lipinski definition) is 0. The Balaban J connectivity index is 2.45. The molecular weight excluding hydrogens is 216 g/mol. The molecule has 0 saturated carbocycles. The highest BCUT2D eigenvalue weighted by Gasteiger charge is 2.02. The van der Waals surface area contributed by atoms with Crippen LogP contribution in [0.4, 0.5) is 0 Å². The Labute approximate surface area is 109 Å². The Hall–Kier alpha value is -2.34. The molecule has 0 amide bonds. The van der Waals surface area contributed by atoms with Crippen molar-refractivity contribution in [3.05, 3.63) is 103 Å². The third-order valence-corrected chi connectivity index (χ3v) is 2.68. The van der Waals surface area contributed by atoms with Gasteiger partial charge in [-0.3, -0.25) is 0 Å². The minimum Gasteiger partial charge on any atom is -0.0991 e. The minimum atomic E-state index is 1.22. The first-order valence-electron chi connectivity index (χ1n) is 6.02. The summed E-state index contributed by atoms with van der Waals surface area (Å²) in [5.74, 6) is 0. The molecule has 0 aliphatic carbocycles. The van der Waals surface area contributed by atoms with Crippen LogP contribution in [0.15, 0.2) is 91.5 Å². The van der Waals surface area contributed by atoms with Crippen LogP contribution in [0.2, 0.25) is 0 Å². The highest BCUT2D eigenvalue weighted by molar-refractivity contribution is 5.80. The largest absolute Gasteiger partial charge is 0.0991 e. The van der Waals surface area contributed by atoms with Crippen LogP contribution in [0.1, 0.15) is 11.1 Å². The Morgan fingerprint density at radius 3 is 1.67 bits per heavy atom. The lowest BCUT2D eigenvalue weighted by Gasteiger charge is -2.07. The van der Waals surface area contributed by atoms with Crippen LogP contribution in [0, 0.1) is 0 Å². The zero-order chi connectivity index (χ0) is 12.6. The summed E-state index contributed by atoms with van der Waals surface area (Å²) < 4.78 is 0. The molecular formula is C18H16. The summed E-state index contributed by atoms with van der Waals surface area (Å²) in [5, 5.41) is 0. The normalized spacial score (nSPS) is 10.2. The van der Waals surface area contributed by atoms with Gasteiger partial charge >= 0.3 is 0 Å². The van der Waals surface area contributed by atoms with Crippen molar-refractivity contribution in [2.75, 3.05) is 0 Å². The summed E-state index contributed by atoms with van der Waals surface area (Å²) in [5.41, 5.74) is 3.66. The molecule has 0 unspecified atom stereocenters. The smallest absolute Gasteiger partial charge is 0.0111 e. The molecule has 0 N–H and O–H groups in total. The Bertz CT molecular complexity index is 504. The molecule has 0 heterocycles. The van der Waals surface area contributed by atoms with Gasteiger partial charge in [0.15, 0.2) is 0 Å². The van der Waals surface area contributed by atoms with Crippen molar-refractivity contribution in [2.45, 2.75) is 0 Å². The van der Waals surface area contributed by atoms with Gasteiger partial charge in [0.2, 0.25) is 0 Å². The van der Waals surface area contributed by atoms with Gasteiger partial charge in [0.25, 0.3) is 0 Å². The summed E-state index contributed by atoms with van der Waals surface area (Å²) >= 11 is 0. The number of hydrogen-bond acceptors (Lipinski definition) is 0. The Morgan fingerprint density at radius 2 is 1.22 bits per heavy atom. The van der Waals surface area contributed by atoms with Crippen molar-refractivity contribution in [1.29, 1.82) is 0 Å². The fourth-order valence-electron chi connectivity index (χ4n) is 1.82. The predicted octanol–water partition coefficient (Wildman–Crippen LogP) is 4.86. The van der Waals surface area contributed by atoms with Crippen LogP contribution in [-0.4, -0.2) is 0 Å². The van der Waals surface area contributed by atoms with Gasteiger partial charge in [-0.05, 0) is 16.7 Å². The van der Waals surface area contributed by atoms with E-state index in [4.69, 9.17) is 0 Å². The number of allylic oxidation sites excluding steroid dienone is 4. The Kier molecular flexibility index (Phi) is 4.32. The van der Waals surface area contributed by atoms with Gasteiger partial charge < -0.3 is 0 Å². The van der Waals surface area contributed by atoms with E-state index in [2.05, 4.69) is 61.2 Å². The van der Waals surface area contributed by atoms with Crippen LogP contribution in [0.25, 0.3) is 5.57 Å². The molecule has 0 aliphatic heterocycles. The highest BCUT2D eigenvalue weighted by atomic mass is 14.1. The van der Waals surface area contributed by atoms with Gasteiger partial charge in [-0.15, -0.1) is 0 Å². The second-order valence-corrected chi connectivity index (χ2v) is 3.93. The lowest BCUT2D eigenvalue weighted by Crippen LogP contribution is -1.86. The lowest BCUT2D eigenvalue weighted by molar-refractivity contribution is 1.55. The molecule has 0 heteroatoms. The molecule has 0 nitrogen and oxygen atoms in total. The predicted molar refractivity (Wildman–Crippen MR) is 79.3 cm³/mol. The maximum absolute atomic E-state index is 3.69. The van der Waals surface area contributed by atoms with Crippen LogP contribution in [0.5, 0.6) is 0 Å². The van der Waals surface area contributed by atoms with Gasteiger partial charge in [-0.1, -0.05) is 91.5 Å².